The zero-order valence-electron chi connectivity index (χ0n) is 16.2. The van der Waals surface area contributed by atoms with Crippen LogP contribution < -0.4 is 14.8 Å². The molecular formula is C22H23N3O3. The van der Waals surface area contributed by atoms with E-state index >= 15 is 0 Å². The molecule has 1 aliphatic heterocycles. The molecule has 3 aromatic rings. The van der Waals surface area contributed by atoms with Gasteiger partial charge in [-0.15, -0.1) is 0 Å². The summed E-state index contributed by atoms with van der Waals surface area (Å²) in [4.78, 5) is 13.0. The molecule has 2 heterocycles. The van der Waals surface area contributed by atoms with Crippen molar-refractivity contribution in [3.8, 4) is 11.5 Å². The van der Waals surface area contributed by atoms with Gasteiger partial charge in [-0.1, -0.05) is 51.1 Å². The smallest absolute Gasteiger partial charge is 0.273 e. The zero-order valence-corrected chi connectivity index (χ0v) is 16.2. The van der Waals surface area contributed by atoms with E-state index < -0.39 is 0 Å². The minimum Gasteiger partial charge on any atom is -0.454 e. The maximum atomic E-state index is 13.0. The molecule has 0 saturated heterocycles. The lowest BCUT2D eigenvalue weighted by atomic mass is 9.92. The summed E-state index contributed by atoms with van der Waals surface area (Å²) in [5, 5.41) is 7.65. The van der Waals surface area contributed by atoms with Gasteiger partial charge in [-0.25, -0.2) is 0 Å². The van der Waals surface area contributed by atoms with Gasteiger partial charge in [0, 0.05) is 17.2 Å². The van der Waals surface area contributed by atoms with Crippen LogP contribution in [-0.2, 0) is 12.0 Å². The zero-order chi connectivity index (χ0) is 19.7. The van der Waals surface area contributed by atoms with E-state index in [1.807, 2.05) is 36.4 Å². The van der Waals surface area contributed by atoms with Crippen molar-refractivity contribution in [2.24, 2.45) is 0 Å². The van der Waals surface area contributed by atoms with E-state index in [0.29, 0.717) is 29.4 Å². The minimum atomic E-state index is -0.210. The summed E-state index contributed by atoms with van der Waals surface area (Å²) in [5.74, 6) is 1.10. The summed E-state index contributed by atoms with van der Waals surface area (Å²) < 4.78 is 12.5. The average molecular weight is 377 g/mol. The van der Waals surface area contributed by atoms with Crippen molar-refractivity contribution in [1.29, 1.82) is 0 Å². The molecule has 1 amide bonds. The van der Waals surface area contributed by atoms with Gasteiger partial charge in [0.2, 0.25) is 6.79 Å². The van der Waals surface area contributed by atoms with Gasteiger partial charge in [-0.05, 0) is 23.8 Å². The molecule has 1 aromatic heterocycles. The number of aromatic nitrogens is 2. The molecule has 28 heavy (non-hydrogen) atoms. The van der Waals surface area contributed by atoms with Gasteiger partial charge in [-0.2, -0.15) is 5.10 Å². The number of amides is 1. The Hall–Kier alpha value is -3.28. The van der Waals surface area contributed by atoms with Crippen molar-refractivity contribution >= 4 is 11.6 Å². The first-order chi connectivity index (χ1) is 13.4. The quantitative estimate of drug-likeness (QED) is 0.740. The first-order valence-electron chi connectivity index (χ1n) is 9.23. The second kappa shape index (κ2) is 7.03. The molecule has 0 saturated carbocycles. The molecule has 0 fully saturated rings. The van der Waals surface area contributed by atoms with Gasteiger partial charge in [0.05, 0.1) is 12.2 Å². The SMILES string of the molecule is CC(C)(C)c1cc(C(=O)Nc2ccc3c(c2)OCO3)n(Cc2ccccc2)n1. The number of anilines is 1. The number of hydrogen-bond acceptors (Lipinski definition) is 4. The van der Waals surface area contributed by atoms with Crippen LogP contribution in [0.3, 0.4) is 0 Å². The fraction of sp³-hybridized carbons (Fsp3) is 0.273. The predicted molar refractivity (Wildman–Crippen MR) is 107 cm³/mol. The van der Waals surface area contributed by atoms with Crippen molar-refractivity contribution < 1.29 is 14.3 Å². The maximum Gasteiger partial charge on any atom is 0.273 e. The number of hydrogen-bond donors (Lipinski definition) is 1. The molecule has 0 atom stereocenters. The van der Waals surface area contributed by atoms with Gasteiger partial charge in [0.1, 0.15) is 5.69 Å². The standard InChI is InChI=1S/C22H23N3O3/c1-22(2,3)20-12-17(25(24-20)13-15-7-5-4-6-8-15)21(26)23-16-9-10-18-19(11-16)28-14-27-18/h4-12H,13-14H2,1-3H3,(H,23,26). The van der Waals surface area contributed by atoms with Crippen LogP contribution in [0.1, 0.15) is 42.5 Å². The van der Waals surface area contributed by atoms with E-state index in [0.717, 1.165) is 11.3 Å². The lowest BCUT2D eigenvalue weighted by Gasteiger charge is -2.14. The van der Waals surface area contributed by atoms with Crippen LogP contribution >= 0.6 is 0 Å². The van der Waals surface area contributed by atoms with Gasteiger partial charge in [0.25, 0.3) is 5.91 Å². The number of rotatable bonds is 4. The molecule has 0 unspecified atom stereocenters. The van der Waals surface area contributed by atoms with Crippen LogP contribution in [0.5, 0.6) is 11.5 Å². The van der Waals surface area contributed by atoms with E-state index in [1.54, 1.807) is 22.9 Å². The second-order valence-electron chi connectivity index (χ2n) is 7.83. The van der Waals surface area contributed by atoms with Crippen LogP contribution in [-0.4, -0.2) is 22.5 Å². The molecule has 6 nitrogen and oxygen atoms in total. The second-order valence-corrected chi connectivity index (χ2v) is 7.83. The average Bonchev–Trinajstić information content (AvgIpc) is 3.29. The van der Waals surface area contributed by atoms with E-state index in [4.69, 9.17) is 14.6 Å². The topological polar surface area (TPSA) is 65.4 Å². The van der Waals surface area contributed by atoms with Crippen LogP contribution in [0.15, 0.2) is 54.6 Å². The molecule has 0 aliphatic carbocycles. The van der Waals surface area contributed by atoms with Crippen molar-refractivity contribution in [1.82, 2.24) is 9.78 Å². The fourth-order valence-electron chi connectivity index (χ4n) is 3.01. The number of nitrogens with one attached hydrogen (secondary N) is 1. The molecule has 4 rings (SSSR count). The van der Waals surface area contributed by atoms with Crippen molar-refractivity contribution in [2.75, 3.05) is 12.1 Å². The lowest BCUT2D eigenvalue weighted by molar-refractivity contribution is 0.101. The van der Waals surface area contributed by atoms with Crippen molar-refractivity contribution in [2.45, 2.75) is 32.7 Å². The molecule has 1 N–H and O–H groups in total. The summed E-state index contributed by atoms with van der Waals surface area (Å²) in [7, 11) is 0. The van der Waals surface area contributed by atoms with E-state index in [9.17, 15) is 4.79 Å². The number of carbonyl (C=O) groups excluding carboxylic acids is 1. The minimum absolute atomic E-state index is 0.157. The Morgan fingerprint density at radius 3 is 2.57 bits per heavy atom. The van der Waals surface area contributed by atoms with Crippen LogP contribution in [0.25, 0.3) is 0 Å². The third-order valence-electron chi connectivity index (χ3n) is 4.59. The number of carbonyl (C=O) groups is 1. The van der Waals surface area contributed by atoms with Crippen LogP contribution in [0.4, 0.5) is 5.69 Å². The Morgan fingerprint density at radius 1 is 1.07 bits per heavy atom. The van der Waals surface area contributed by atoms with Gasteiger partial charge < -0.3 is 14.8 Å². The van der Waals surface area contributed by atoms with E-state index in [-0.39, 0.29) is 18.1 Å². The molecule has 2 aromatic carbocycles. The Balaban J connectivity index is 1.63. The van der Waals surface area contributed by atoms with Crippen molar-refractivity contribution in [3.63, 3.8) is 0 Å². The van der Waals surface area contributed by atoms with Crippen LogP contribution in [0, 0.1) is 0 Å². The summed E-state index contributed by atoms with van der Waals surface area (Å²) >= 11 is 0. The highest BCUT2D eigenvalue weighted by Gasteiger charge is 2.23. The third kappa shape index (κ3) is 3.71. The number of ether oxygens (including phenoxy) is 2. The molecule has 0 bridgehead atoms. The summed E-state index contributed by atoms with van der Waals surface area (Å²) in [6.07, 6.45) is 0. The highest BCUT2D eigenvalue weighted by atomic mass is 16.7. The van der Waals surface area contributed by atoms with Gasteiger partial charge in [0.15, 0.2) is 11.5 Å². The monoisotopic (exact) mass is 377 g/mol. The Bertz CT molecular complexity index is 1000. The molecule has 1 aliphatic rings. The third-order valence-corrected chi connectivity index (χ3v) is 4.59. The first kappa shape index (κ1) is 18.1. The van der Waals surface area contributed by atoms with E-state index in [2.05, 4.69) is 26.1 Å². The fourth-order valence-corrected chi connectivity index (χ4v) is 3.01. The Labute approximate surface area is 164 Å². The molecule has 6 heteroatoms. The predicted octanol–water partition coefficient (Wildman–Crippen LogP) is 4.21. The normalized spacial score (nSPS) is 12.8. The summed E-state index contributed by atoms with van der Waals surface area (Å²) in [6, 6.07) is 17.2. The van der Waals surface area contributed by atoms with Gasteiger partial charge in [-0.3, -0.25) is 9.48 Å². The molecular weight excluding hydrogens is 354 g/mol. The first-order valence-corrected chi connectivity index (χ1v) is 9.23. The number of fused-ring (bicyclic) bond motifs is 1. The molecule has 144 valence electrons. The van der Waals surface area contributed by atoms with E-state index in [1.165, 1.54) is 0 Å². The molecule has 0 spiro atoms. The lowest BCUT2D eigenvalue weighted by Crippen LogP contribution is -2.18. The highest BCUT2D eigenvalue weighted by Crippen LogP contribution is 2.34. The largest absolute Gasteiger partial charge is 0.454 e. The number of benzene rings is 2. The summed E-state index contributed by atoms with van der Waals surface area (Å²) in [5.41, 5.74) is 2.98. The molecule has 0 radical (unpaired) electrons. The maximum absolute atomic E-state index is 13.0. The summed E-state index contributed by atoms with van der Waals surface area (Å²) in [6.45, 7) is 6.98. The Morgan fingerprint density at radius 2 is 1.82 bits per heavy atom. The van der Waals surface area contributed by atoms with Crippen LogP contribution in [0.2, 0.25) is 0 Å². The number of nitrogens with zero attached hydrogens (tertiary/aromatic N) is 2. The highest BCUT2D eigenvalue weighted by molar-refractivity contribution is 6.03. The van der Waals surface area contributed by atoms with Gasteiger partial charge >= 0.3 is 0 Å². The van der Waals surface area contributed by atoms with Crippen molar-refractivity contribution in [3.05, 3.63) is 71.5 Å². The Kier molecular flexibility index (Phi) is 4.55.